The number of hydrogen-bond donors (Lipinski definition) is 0. The van der Waals surface area contributed by atoms with Crippen molar-refractivity contribution < 1.29 is 9.47 Å². The van der Waals surface area contributed by atoms with Crippen molar-refractivity contribution in [1.82, 2.24) is 4.98 Å². The van der Waals surface area contributed by atoms with E-state index in [1.54, 1.807) is 14.2 Å². The molecule has 84 valence electrons. The highest BCUT2D eigenvalue weighted by atomic mass is 16.5. The minimum Gasteiger partial charge on any atom is -0.493 e. The Labute approximate surface area is 95.0 Å². The quantitative estimate of drug-likeness (QED) is 0.775. The summed E-state index contributed by atoms with van der Waals surface area (Å²) in [5.41, 5.74) is 3.15. The molecule has 0 aliphatic carbocycles. The lowest BCUT2D eigenvalue weighted by Gasteiger charge is -2.10. The maximum Gasteiger partial charge on any atom is 0.162 e. The Morgan fingerprint density at radius 3 is 2.19 bits per heavy atom. The van der Waals surface area contributed by atoms with E-state index >= 15 is 0 Å². The van der Waals surface area contributed by atoms with Gasteiger partial charge in [0.2, 0.25) is 0 Å². The van der Waals surface area contributed by atoms with Gasteiger partial charge in [0.15, 0.2) is 11.5 Å². The number of aryl methyl sites for hydroxylation is 2. The van der Waals surface area contributed by atoms with Gasteiger partial charge in [0.05, 0.1) is 19.7 Å². The zero-order chi connectivity index (χ0) is 11.7. The number of hydrogen-bond acceptors (Lipinski definition) is 3. The van der Waals surface area contributed by atoms with Crippen LogP contribution in [-0.4, -0.2) is 19.2 Å². The van der Waals surface area contributed by atoms with Crippen molar-refractivity contribution in [1.29, 1.82) is 0 Å². The van der Waals surface area contributed by atoms with Gasteiger partial charge in [-0.15, -0.1) is 0 Å². The summed E-state index contributed by atoms with van der Waals surface area (Å²) in [6.45, 7) is 4.06. The Hall–Kier alpha value is -1.77. The minimum atomic E-state index is 0.714. The standard InChI is InChI=1S/C13H15NO2/c1-8-5-10-6-12(15-3)13(16-4)7-11(10)14-9(8)2/h5-7H,1-4H3. The van der Waals surface area contributed by atoms with Crippen molar-refractivity contribution in [3.05, 3.63) is 29.5 Å². The molecule has 2 aromatic rings. The van der Waals surface area contributed by atoms with Gasteiger partial charge in [0.1, 0.15) is 0 Å². The lowest BCUT2D eigenvalue weighted by Crippen LogP contribution is -1.93. The molecule has 1 aromatic heterocycles. The van der Waals surface area contributed by atoms with Crippen molar-refractivity contribution in [2.75, 3.05) is 14.2 Å². The van der Waals surface area contributed by atoms with E-state index < -0.39 is 0 Å². The van der Waals surface area contributed by atoms with Crippen molar-refractivity contribution in [3.63, 3.8) is 0 Å². The SMILES string of the molecule is COc1cc2cc(C)c(C)nc2cc1OC. The summed E-state index contributed by atoms with van der Waals surface area (Å²) in [5, 5.41) is 1.07. The van der Waals surface area contributed by atoms with Crippen molar-refractivity contribution in [3.8, 4) is 11.5 Å². The van der Waals surface area contributed by atoms with Crippen LogP contribution in [0.1, 0.15) is 11.3 Å². The summed E-state index contributed by atoms with van der Waals surface area (Å²) in [4.78, 5) is 4.52. The van der Waals surface area contributed by atoms with Gasteiger partial charge in [-0.2, -0.15) is 0 Å². The molecule has 16 heavy (non-hydrogen) atoms. The van der Waals surface area contributed by atoms with E-state index in [2.05, 4.69) is 18.0 Å². The first-order chi connectivity index (χ1) is 7.65. The molecular formula is C13H15NO2. The zero-order valence-electron chi connectivity index (χ0n) is 10.00. The summed E-state index contributed by atoms with van der Waals surface area (Å²) < 4.78 is 10.5. The highest BCUT2D eigenvalue weighted by molar-refractivity contribution is 5.83. The van der Waals surface area contributed by atoms with Gasteiger partial charge >= 0.3 is 0 Å². The van der Waals surface area contributed by atoms with E-state index in [1.165, 1.54) is 5.56 Å². The van der Waals surface area contributed by atoms with Crippen molar-refractivity contribution >= 4 is 10.9 Å². The van der Waals surface area contributed by atoms with E-state index in [0.717, 1.165) is 22.3 Å². The van der Waals surface area contributed by atoms with Gasteiger partial charge in [-0.1, -0.05) is 0 Å². The molecule has 3 nitrogen and oxygen atoms in total. The van der Waals surface area contributed by atoms with Gasteiger partial charge in [-0.3, -0.25) is 4.98 Å². The molecule has 0 amide bonds. The molecular weight excluding hydrogens is 202 g/mol. The van der Waals surface area contributed by atoms with Crippen LogP contribution in [0.25, 0.3) is 10.9 Å². The molecule has 0 aliphatic rings. The Kier molecular flexibility index (Phi) is 2.69. The first kappa shape index (κ1) is 10.7. The summed E-state index contributed by atoms with van der Waals surface area (Å²) in [6, 6.07) is 5.97. The Morgan fingerprint density at radius 1 is 0.938 bits per heavy atom. The third-order valence-electron chi connectivity index (χ3n) is 2.76. The first-order valence-electron chi connectivity index (χ1n) is 5.15. The van der Waals surface area contributed by atoms with Crippen LogP contribution in [0.3, 0.4) is 0 Å². The molecule has 0 saturated heterocycles. The van der Waals surface area contributed by atoms with Crippen molar-refractivity contribution in [2.24, 2.45) is 0 Å². The van der Waals surface area contributed by atoms with Gasteiger partial charge < -0.3 is 9.47 Å². The summed E-state index contributed by atoms with van der Waals surface area (Å²) in [7, 11) is 3.27. The van der Waals surface area contributed by atoms with Crippen LogP contribution in [0.15, 0.2) is 18.2 Å². The largest absolute Gasteiger partial charge is 0.493 e. The minimum absolute atomic E-state index is 0.714. The second kappa shape index (κ2) is 4.00. The Morgan fingerprint density at radius 2 is 1.56 bits per heavy atom. The first-order valence-corrected chi connectivity index (χ1v) is 5.15. The smallest absolute Gasteiger partial charge is 0.162 e. The second-order valence-electron chi connectivity index (χ2n) is 3.79. The molecule has 0 bridgehead atoms. The number of ether oxygens (including phenoxy) is 2. The fourth-order valence-electron chi connectivity index (χ4n) is 1.70. The normalized spacial score (nSPS) is 10.5. The molecule has 0 spiro atoms. The summed E-state index contributed by atoms with van der Waals surface area (Å²) in [5.74, 6) is 1.45. The molecule has 0 N–H and O–H groups in total. The predicted molar refractivity (Wildman–Crippen MR) is 64.3 cm³/mol. The average molecular weight is 217 g/mol. The fourth-order valence-corrected chi connectivity index (χ4v) is 1.70. The maximum absolute atomic E-state index is 5.26. The average Bonchev–Trinajstić information content (AvgIpc) is 2.29. The molecule has 0 fully saturated rings. The van der Waals surface area contributed by atoms with Crippen LogP contribution < -0.4 is 9.47 Å². The van der Waals surface area contributed by atoms with Gasteiger partial charge in [-0.25, -0.2) is 0 Å². The van der Waals surface area contributed by atoms with Gasteiger partial charge in [0, 0.05) is 17.1 Å². The highest BCUT2D eigenvalue weighted by Gasteiger charge is 2.07. The summed E-state index contributed by atoms with van der Waals surface area (Å²) >= 11 is 0. The van der Waals surface area contributed by atoms with Crippen LogP contribution in [0, 0.1) is 13.8 Å². The van der Waals surface area contributed by atoms with Crippen LogP contribution >= 0.6 is 0 Å². The van der Waals surface area contributed by atoms with E-state index in [9.17, 15) is 0 Å². The predicted octanol–water partition coefficient (Wildman–Crippen LogP) is 2.87. The topological polar surface area (TPSA) is 31.4 Å². The van der Waals surface area contributed by atoms with Gasteiger partial charge in [0.25, 0.3) is 0 Å². The molecule has 0 aliphatic heterocycles. The number of aromatic nitrogens is 1. The second-order valence-corrected chi connectivity index (χ2v) is 3.79. The Balaban J connectivity index is 2.73. The molecule has 3 heteroatoms. The number of pyridine rings is 1. The van der Waals surface area contributed by atoms with E-state index in [4.69, 9.17) is 9.47 Å². The number of fused-ring (bicyclic) bond motifs is 1. The van der Waals surface area contributed by atoms with Crippen LogP contribution in [0.5, 0.6) is 11.5 Å². The molecule has 0 unspecified atom stereocenters. The molecule has 2 rings (SSSR count). The summed E-state index contributed by atoms with van der Waals surface area (Å²) in [6.07, 6.45) is 0. The third kappa shape index (κ3) is 1.69. The van der Waals surface area contributed by atoms with E-state index in [1.807, 2.05) is 19.1 Å². The lowest BCUT2D eigenvalue weighted by atomic mass is 10.1. The lowest BCUT2D eigenvalue weighted by molar-refractivity contribution is 0.356. The van der Waals surface area contributed by atoms with Gasteiger partial charge in [-0.05, 0) is 31.5 Å². The number of nitrogens with zero attached hydrogens (tertiary/aromatic N) is 1. The Bertz CT molecular complexity index is 486. The monoisotopic (exact) mass is 217 g/mol. The molecule has 1 aromatic carbocycles. The van der Waals surface area contributed by atoms with E-state index in [-0.39, 0.29) is 0 Å². The highest BCUT2D eigenvalue weighted by Crippen LogP contribution is 2.31. The van der Waals surface area contributed by atoms with Crippen LogP contribution in [0.4, 0.5) is 0 Å². The maximum atomic E-state index is 5.26. The molecule has 0 saturated carbocycles. The molecule has 0 atom stereocenters. The molecule has 1 heterocycles. The zero-order valence-corrected chi connectivity index (χ0v) is 10.00. The van der Waals surface area contributed by atoms with Crippen molar-refractivity contribution in [2.45, 2.75) is 13.8 Å². The van der Waals surface area contributed by atoms with Crippen LogP contribution in [0.2, 0.25) is 0 Å². The number of rotatable bonds is 2. The molecule has 0 radical (unpaired) electrons. The number of benzene rings is 1. The third-order valence-corrected chi connectivity index (χ3v) is 2.76. The van der Waals surface area contributed by atoms with E-state index in [0.29, 0.717) is 5.75 Å². The fraction of sp³-hybridized carbons (Fsp3) is 0.308. The number of methoxy groups -OCH3 is 2. The van der Waals surface area contributed by atoms with Crippen LogP contribution in [-0.2, 0) is 0 Å².